The zero-order chi connectivity index (χ0) is 23.2. The number of nitrogens with zero attached hydrogens (tertiary/aromatic N) is 1. The van der Waals surface area contributed by atoms with E-state index in [1.807, 2.05) is 0 Å². The van der Waals surface area contributed by atoms with Gasteiger partial charge in [-0.3, -0.25) is 24.4 Å². The summed E-state index contributed by atoms with van der Waals surface area (Å²) in [4.78, 5) is 33.0. The van der Waals surface area contributed by atoms with Crippen LogP contribution in [0, 0.1) is 10.1 Å². The van der Waals surface area contributed by atoms with Gasteiger partial charge in [0.2, 0.25) is 5.91 Å². The summed E-state index contributed by atoms with van der Waals surface area (Å²) >= 11 is 0. The number of halogens is 3. The van der Waals surface area contributed by atoms with Gasteiger partial charge in [0, 0.05) is 23.4 Å². The van der Waals surface area contributed by atoms with E-state index in [2.05, 4.69) is 10.0 Å². The SMILES string of the molecule is O=C(CNC(=O)c1ccc(NS(=O)(=O)c2cccc([N+](=O)[O-])c2)cc1)NCC(F)(F)F. The summed E-state index contributed by atoms with van der Waals surface area (Å²) in [5.74, 6) is -1.80. The molecule has 0 fully saturated rings. The lowest BCUT2D eigenvalue weighted by atomic mass is 10.2. The Labute approximate surface area is 173 Å². The molecule has 0 atom stereocenters. The predicted molar refractivity (Wildman–Crippen MR) is 102 cm³/mol. The summed E-state index contributed by atoms with van der Waals surface area (Å²) in [6.07, 6.45) is -4.58. The van der Waals surface area contributed by atoms with Gasteiger partial charge in [0.1, 0.15) is 6.54 Å². The fourth-order valence-electron chi connectivity index (χ4n) is 2.19. The average Bonchev–Trinajstić information content (AvgIpc) is 2.70. The summed E-state index contributed by atoms with van der Waals surface area (Å²) in [6.45, 7) is -2.21. The number of hydrogen-bond donors (Lipinski definition) is 3. The van der Waals surface area contributed by atoms with Crippen LogP contribution in [0.15, 0.2) is 53.4 Å². The van der Waals surface area contributed by atoms with Gasteiger partial charge in [-0.1, -0.05) is 6.07 Å². The normalized spacial score (nSPS) is 11.5. The molecule has 14 heteroatoms. The van der Waals surface area contributed by atoms with Crippen molar-refractivity contribution in [2.75, 3.05) is 17.8 Å². The van der Waals surface area contributed by atoms with E-state index < -0.39 is 51.7 Å². The number of hydrogen-bond acceptors (Lipinski definition) is 6. The Balaban J connectivity index is 1.98. The molecule has 0 radical (unpaired) electrons. The molecule has 2 amide bonds. The second-order valence-corrected chi connectivity index (χ2v) is 7.69. The third-order valence-corrected chi connectivity index (χ3v) is 5.01. The zero-order valence-corrected chi connectivity index (χ0v) is 16.3. The third kappa shape index (κ3) is 7.26. The highest BCUT2D eigenvalue weighted by molar-refractivity contribution is 7.92. The van der Waals surface area contributed by atoms with Crippen molar-refractivity contribution in [2.45, 2.75) is 11.1 Å². The summed E-state index contributed by atoms with van der Waals surface area (Å²) in [5, 5.41) is 14.5. The van der Waals surface area contributed by atoms with Crippen LogP contribution in [0.25, 0.3) is 0 Å². The van der Waals surface area contributed by atoms with E-state index in [1.54, 1.807) is 5.32 Å². The van der Waals surface area contributed by atoms with Gasteiger partial charge in [0.15, 0.2) is 0 Å². The van der Waals surface area contributed by atoms with E-state index in [0.29, 0.717) is 0 Å². The Morgan fingerprint density at radius 2 is 1.68 bits per heavy atom. The molecule has 166 valence electrons. The molecule has 0 aliphatic rings. The van der Waals surface area contributed by atoms with Crippen LogP contribution in [0.5, 0.6) is 0 Å². The molecule has 0 bridgehead atoms. The highest BCUT2D eigenvalue weighted by Gasteiger charge is 2.27. The van der Waals surface area contributed by atoms with Crippen molar-refractivity contribution in [1.29, 1.82) is 0 Å². The number of nitro groups is 1. The molecule has 31 heavy (non-hydrogen) atoms. The molecule has 2 rings (SSSR count). The molecule has 0 spiro atoms. The van der Waals surface area contributed by atoms with Gasteiger partial charge >= 0.3 is 6.18 Å². The van der Waals surface area contributed by atoms with Crippen molar-refractivity contribution in [3.8, 4) is 0 Å². The number of alkyl halides is 3. The highest BCUT2D eigenvalue weighted by Crippen LogP contribution is 2.20. The van der Waals surface area contributed by atoms with Crippen LogP contribution in [-0.2, 0) is 14.8 Å². The minimum absolute atomic E-state index is 0.0157. The maximum Gasteiger partial charge on any atom is 0.405 e. The van der Waals surface area contributed by atoms with Crippen LogP contribution in [0.3, 0.4) is 0 Å². The van der Waals surface area contributed by atoms with Crippen LogP contribution in [0.4, 0.5) is 24.5 Å². The van der Waals surface area contributed by atoms with Crippen molar-refractivity contribution in [3.05, 3.63) is 64.2 Å². The maximum atomic E-state index is 12.4. The van der Waals surface area contributed by atoms with Crippen LogP contribution in [-0.4, -0.2) is 44.4 Å². The number of carbonyl (C=O) groups excluding carboxylic acids is 2. The monoisotopic (exact) mass is 460 g/mol. The number of anilines is 1. The molecule has 0 aliphatic heterocycles. The average molecular weight is 460 g/mol. The number of rotatable bonds is 8. The molecule has 10 nitrogen and oxygen atoms in total. The molecular formula is C17H15F3N4O6S. The van der Waals surface area contributed by atoms with E-state index >= 15 is 0 Å². The van der Waals surface area contributed by atoms with Crippen LogP contribution >= 0.6 is 0 Å². The van der Waals surface area contributed by atoms with Gasteiger partial charge in [-0.05, 0) is 30.3 Å². The van der Waals surface area contributed by atoms with Crippen LogP contribution in [0.2, 0.25) is 0 Å². The first-order valence-corrected chi connectivity index (χ1v) is 9.85. The third-order valence-electron chi connectivity index (χ3n) is 3.63. The molecule has 0 aliphatic carbocycles. The minimum Gasteiger partial charge on any atom is -0.345 e. The molecule has 2 aromatic rings. The Kier molecular flexibility index (Phi) is 7.17. The largest absolute Gasteiger partial charge is 0.405 e. The van der Waals surface area contributed by atoms with E-state index in [9.17, 15) is 41.3 Å². The minimum atomic E-state index is -4.58. The second kappa shape index (κ2) is 9.42. The molecule has 0 aromatic heterocycles. The number of amides is 2. The van der Waals surface area contributed by atoms with Gasteiger partial charge in [0.05, 0.1) is 16.4 Å². The standard InChI is InChI=1S/C17H15F3N4O6S/c18-17(19,20)10-22-15(25)9-21-16(26)11-4-6-12(7-5-11)23-31(29,30)14-3-1-2-13(8-14)24(27)28/h1-8,23H,9-10H2,(H,21,26)(H,22,25). The lowest BCUT2D eigenvalue weighted by Crippen LogP contribution is -2.40. The number of non-ortho nitro benzene ring substituents is 1. The van der Waals surface area contributed by atoms with E-state index in [-0.39, 0.29) is 16.1 Å². The smallest absolute Gasteiger partial charge is 0.345 e. The van der Waals surface area contributed by atoms with Gasteiger partial charge in [-0.15, -0.1) is 0 Å². The van der Waals surface area contributed by atoms with E-state index in [1.165, 1.54) is 36.4 Å². The number of benzene rings is 2. The first-order chi connectivity index (χ1) is 14.4. The number of carbonyl (C=O) groups is 2. The lowest BCUT2D eigenvalue weighted by molar-refractivity contribution is -0.385. The van der Waals surface area contributed by atoms with Gasteiger partial charge < -0.3 is 10.6 Å². The summed E-state index contributed by atoms with van der Waals surface area (Å²) in [5.41, 5.74) is -0.345. The molecule has 0 saturated carbocycles. The van der Waals surface area contributed by atoms with Crippen molar-refractivity contribution >= 4 is 33.2 Å². The fourth-order valence-corrected chi connectivity index (χ4v) is 3.29. The molecular weight excluding hydrogens is 445 g/mol. The first kappa shape index (κ1) is 23.6. The highest BCUT2D eigenvalue weighted by atomic mass is 32.2. The second-order valence-electron chi connectivity index (χ2n) is 6.01. The quantitative estimate of drug-likeness (QED) is 0.404. The fraction of sp³-hybridized carbons (Fsp3) is 0.176. The number of nitro benzene ring substituents is 1. The summed E-state index contributed by atoms with van der Waals surface area (Å²) in [6, 6.07) is 9.29. The Morgan fingerprint density at radius 1 is 1.03 bits per heavy atom. The van der Waals surface area contributed by atoms with Gasteiger partial charge in [0.25, 0.3) is 21.6 Å². The van der Waals surface area contributed by atoms with Crippen molar-refractivity contribution in [2.24, 2.45) is 0 Å². The zero-order valence-electron chi connectivity index (χ0n) is 15.5. The molecule has 2 aromatic carbocycles. The maximum absolute atomic E-state index is 12.4. The molecule has 0 heterocycles. The Hall–Kier alpha value is -3.68. The predicted octanol–water partition coefficient (Wildman–Crippen LogP) is 1.80. The van der Waals surface area contributed by atoms with Crippen molar-refractivity contribution in [3.63, 3.8) is 0 Å². The topological polar surface area (TPSA) is 148 Å². The molecule has 3 N–H and O–H groups in total. The summed E-state index contributed by atoms with van der Waals surface area (Å²) in [7, 11) is -4.14. The van der Waals surface area contributed by atoms with E-state index in [0.717, 1.165) is 12.1 Å². The number of nitrogens with one attached hydrogen (secondary N) is 3. The van der Waals surface area contributed by atoms with Gasteiger partial charge in [-0.2, -0.15) is 13.2 Å². The summed E-state index contributed by atoms with van der Waals surface area (Å²) < 4.78 is 63.0. The number of sulfonamides is 1. The first-order valence-electron chi connectivity index (χ1n) is 8.36. The Morgan fingerprint density at radius 3 is 2.26 bits per heavy atom. The van der Waals surface area contributed by atoms with E-state index in [4.69, 9.17) is 0 Å². The van der Waals surface area contributed by atoms with Crippen molar-refractivity contribution in [1.82, 2.24) is 10.6 Å². The lowest BCUT2D eigenvalue weighted by Gasteiger charge is -2.10. The van der Waals surface area contributed by atoms with Crippen LogP contribution < -0.4 is 15.4 Å². The molecule has 0 saturated heterocycles. The molecule has 0 unspecified atom stereocenters. The van der Waals surface area contributed by atoms with Crippen LogP contribution in [0.1, 0.15) is 10.4 Å². The van der Waals surface area contributed by atoms with Gasteiger partial charge in [-0.25, -0.2) is 8.42 Å². The van der Waals surface area contributed by atoms with Crippen molar-refractivity contribution < 1.29 is 36.1 Å². The Bertz CT molecular complexity index is 1090.